The molecule has 0 fully saturated rings. The standard InChI is InChI=1S/C30H33OSi/c1-21-22(2)24(4)29(23(21)3)30(25-15-9-7-10-16-25,26-17-11-8-12-18-26)27-19-13-14-20-28(27)31-32(5)6/h7-20,23H,1-6H3. The quantitative estimate of drug-likeness (QED) is 0.281. The van der Waals surface area contributed by atoms with Gasteiger partial charge in [0.1, 0.15) is 5.75 Å². The molecule has 0 saturated heterocycles. The van der Waals surface area contributed by atoms with Gasteiger partial charge in [-0.15, -0.1) is 0 Å². The molecule has 3 aromatic carbocycles. The Morgan fingerprint density at radius 2 is 1.19 bits per heavy atom. The van der Waals surface area contributed by atoms with E-state index < -0.39 is 14.5 Å². The fourth-order valence-electron chi connectivity index (χ4n) is 5.37. The average Bonchev–Trinajstić information content (AvgIpc) is 3.00. The third kappa shape index (κ3) is 3.57. The van der Waals surface area contributed by atoms with E-state index in [4.69, 9.17) is 4.43 Å². The maximum absolute atomic E-state index is 6.54. The van der Waals surface area contributed by atoms with Crippen LogP contribution in [0.5, 0.6) is 5.75 Å². The number of hydrogen-bond donors (Lipinski definition) is 0. The molecule has 0 bridgehead atoms. The van der Waals surface area contributed by atoms with Crippen LogP contribution in [0.3, 0.4) is 0 Å². The molecule has 0 spiro atoms. The van der Waals surface area contributed by atoms with Crippen LogP contribution in [-0.4, -0.2) is 9.04 Å². The molecule has 1 aliphatic rings. The van der Waals surface area contributed by atoms with E-state index in [1.165, 1.54) is 39.0 Å². The Labute approximate surface area is 195 Å². The molecule has 1 aliphatic carbocycles. The Morgan fingerprint density at radius 3 is 1.66 bits per heavy atom. The van der Waals surface area contributed by atoms with Crippen molar-refractivity contribution >= 4 is 9.04 Å². The zero-order valence-electron chi connectivity index (χ0n) is 20.1. The molecular weight excluding hydrogens is 404 g/mol. The normalized spacial score (nSPS) is 16.8. The third-order valence-corrected chi connectivity index (χ3v) is 7.69. The summed E-state index contributed by atoms with van der Waals surface area (Å²) in [5.74, 6) is 1.34. The van der Waals surface area contributed by atoms with Crippen LogP contribution >= 0.6 is 0 Å². The summed E-state index contributed by atoms with van der Waals surface area (Å²) < 4.78 is 6.54. The molecule has 0 amide bonds. The molecule has 32 heavy (non-hydrogen) atoms. The Bertz CT molecular complexity index is 1120. The Morgan fingerprint density at radius 1 is 0.688 bits per heavy atom. The first-order chi connectivity index (χ1) is 15.4. The molecule has 0 N–H and O–H groups in total. The SMILES string of the molecule is CC1=C(C)C(C)C(C(c2ccccc2)(c2ccccc2)c2ccccc2O[Si](C)C)=C1C. The van der Waals surface area contributed by atoms with Crippen LogP contribution < -0.4 is 4.43 Å². The highest BCUT2D eigenvalue weighted by atomic mass is 28.3. The maximum atomic E-state index is 6.54. The van der Waals surface area contributed by atoms with Gasteiger partial charge in [-0.05, 0) is 67.8 Å². The summed E-state index contributed by atoms with van der Waals surface area (Å²) in [5, 5.41) is 0. The van der Waals surface area contributed by atoms with Crippen molar-refractivity contribution in [3.63, 3.8) is 0 Å². The van der Waals surface area contributed by atoms with Crippen molar-refractivity contribution in [3.05, 3.63) is 124 Å². The van der Waals surface area contributed by atoms with Gasteiger partial charge in [-0.2, -0.15) is 0 Å². The predicted molar refractivity (Wildman–Crippen MR) is 138 cm³/mol. The van der Waals surface area contributed by atoms with Gasteiger partial charge in [-0.25, -0.2) is 0 Å². The first kappa shape index (κ1) is 22.4. The molecule has 163 valence electrons. The van der Waals surface area contributed by atoms with Crippen molar-refractivity contribution in [2.45, 2.75) is 46.2 Å². The smallest absolute Gasteiger partial charge is 0.274 e. The highest BCUT2D eigenvalue weighted by molar-refractivity contribution is 6.49. The molecule has 0 heterocycles. The van der Waals surface area contributed by atoms with E-state index in [0.29, 0.717) is 5.92 Å². The molecule has 4 rings (SSSR count). The van der Waals surface area contributed by atoms with Crippen molar-refractivity contribution < 1.29 is 4.43 Å². The molecular formula is C30H33OSi. The van der Waals surface area contributed by atoms with E-state index in [1.54, 1.807) is 0 Å². The van der Waals surface area contributed by atoms with Crippen LogP contribution in [0, 0.1) is 5.92 Å². The first-order valence-corrected chi connectivity index (χ1v) is 13.9. The first-order valence-electron chi connectivity index (χ1n) is 11.5. The Hall–Kier alpha value is -2.84. The van der Waals surface area contributed by atoms with E-state index in [1.807, 2.05) is 0 Å². The lowest BCUT2D eigenvalue weighted by molar-refractivity contribution is 0.542. The molecule has 1 radical (unpaired) electrons. The number of hydrogen-bond acceptors (Lipinski definition) is 1. The highest BCUT2D eigenvalue weighted by Gasteiger charge is 2.46. The molecule has 0 aliphatic heterocycles. The zero-order chi connectivity index (χ0) is 22.9. The summed E-state index contributed by atoms with van der Waals surface area (Å²) in [5.41, 5.74) is 9.10. The van der Waals surface area contributed by atoms with Crippen molar-refractivity contribution in [2.24, 2.45) is 5.92 Å². The molecule has 0 saturated carbocycles. The van der Waals surface area contributed by atoms with Gasteiger partial charge >= 0.3 is 0 Å². The average molecular weight is 438 g/mol. The molecule has 1 unspecified atom stereocenters. The van der Waals surface area contributed by atoms with Gasteiger partial charge in [0, 0.05) is 11.5 Å². The van der Waals surface area contributed by atoms with Crippen molar-refractivity contribution in [1.82, 2.24) is 0 Å². The summed E-state index contributed by atoms with van der Waals surface area (Å²) in [6.45, 7) is 13.6. The maximum Gasteiger partial charge on any atom is 0.274 e. The highest BCUT2D eigenvalue weighted by Crippen LogP contribution is 2.55. The Kier molecular flexibility index (Phi) is 6.26. The van der Waals surface area contributed by atoms with Gasteiger partial charge in [0.25, 0.3) is 9.04 Å². The van der Waals surface area contributed by atoms with Crippen LogP contribution in [0.15, 0.2) is 107 Å². The van der Waals surface area contributed by atoms with Gasteiger partial charge < -0.3 is 4.43 Å². The van der Waals surface area contributed by atoms with Crippen molar-refractivity contribution in [3.8, 4) is 5.75 Å². The third-order valence-electron chi connectivity index (χ3n) is 7.06. The van der Waals surface area contributed by atoms with Crippen molar-refractivity contribution in [2.75, 3.05) is 0 Å². The lowest BCUT2D eigenvalue weighted by atomic mass is 9.61. The largest absolute Gasteiger partial charge is 0.542 e. The number of benzene rings is 3. The summed E-state index contributed by atoms with van der Waals surface area (Å²) in [6, 6.07) is 30.7. The second kappa shape index (κ2) is 8.95. The number of allylic oxidation sites excluding steroid dienone is 4. The lowest BCUT2D eigenvalue weighted by Crippen LogP contribution is -2.35. The number of rotatable bonds is 6. The molecule has 3 aromatic rings. The van der Waals surface area contributed by atoms with Crippen LogP contribution in [0.25, 0.3) is 0 Å². The molecule has 1 nitrogen and oxygen atoms in total. The topological polar surface area (TPSA) is 9.23 Å². The van der Waals surface area contributed by atoms with Crippen LogP contribution in [0.1, 0.15) is 44.4 Å². The van der Waals surface area contributed by atoms with E-state index in [-0.39, 0.29) is 0 Å². The van der Waals surface area contributed by atoms with Crippen molar-refractivity contribution in [1.29, 1.82) is 0 Å². The van der Waals surface area contributed by atoms with Gasteiger partial charge in [-0.1, -0.05) is 91.4 Å². The minimum Gasteiger partial charge on any atom is -0.542 e. The fraction of sp³-hybridized carbons (Fsp3) is 0.267. The minimum atomic E-state index is -0.929. The van der Waals surface area contributed by atoms with Gasteiger partial charge in [0.2, 0.25) is 0 Å². The summed E-state index contributed by atoms with van der Waals surface area (Å²) in [7, 11) is -0.929. The minimum absolute atomic E-state index is 0.344. The van der Waals surface area contributed by atoms with Gasteiger partial charge in [0.15, 0.2) is 0 Å². The number of para-hydroxylation sites is 1. The summed E-state index contributed by atoms with van der Waals surface area (Å²) >= 11 is 0. The summed E-state index contributed by atoms with van der Waals surface area (Å²) in [6.07, 6.45) is 0. The van der Waals surface area contributed by atoms with E-state index in [2.05, 4.69) is 126 Å². The van der Waals surface area contributed by atoms with E-state index in [0.717, 1.165) is 5.75 Å². The second-order valence-corrected chi connectivity index (χ2v) is 11.1. The van der Waals surface area contributed by atoms with Gasteiger partial charge in [0.05, 0.1) is 5.41 Å². The lowest BCUT2D eigenvalue weighted by Gasteiger charge is -2.41. The zero-order valence-corrected chi connectivity index (χ0v) is 21.1. The van der Waals surface area contributed by atoms with Crippen LogP contribution in [-0.2, 0) is 5.41 Å². The van der Waals surface area contributed by atoms with Crippen LogP contribution in [0.2, 0.25) is 13.1 Å². The van der Waals surface area contributed by atoms with Gasteiger partial charge in [-0.3, -0.25) is 0 Å². The molecule has 1 atom stereocenters. The fourth-order valence-corrected chi connectivity index (χ4v) is 5.98. The Balaban J connectivity index is 2.18. The molecule has 0 aromatic heterocycles. The second-order valence-electron chi connectivity index (χ2n) is 9.06. The predicted octanol–water partition coefficient (Wildman–Crippen LogP) is 7.95. The van der Waals surface area contributed by atoms with E-state index >= 15 is 0 Å². The molecule has 2 heteroatoms. The van der Waals surface area contributed by atoms with E-state index in [9.17, 15) is 0 Å². The van der Waals surface area contributed by atoms with Crippen LogP contribution in [0.4, 0.5) is 0 Å². The monoisotopic (exact) mass is 437 g/mol. The summed E-state index contributed by atoms with van der Waals surface area (Å²) in [4.78, 5) is 0.